The number of benzene rings is 1. The molecule has 6 nitrogen and oxygen atoms in total. The smallest absolute Gasteiger partial charge is 0.240 e. The Morgan fingerprint density at radius 1 is 1.20 bits per heavy atom. The average Bonchev–Trinajstić information content (AvgIpc) is 3.29. The number of carbonyl (C=O) groups excluding carboxylic acids is 1. The van der Waals surface area contributed by atoms with Gasteiger partial charge in [0.25, 0.3) is 0 Å². The zero-order valence-corrected chi connectivity index (χ0v) is 15.4. The van der Waals surface area contributed by atoms with E-state index in [1.165, 1.54) is 11.9 Å². The Labute approximate surface area is 150 Å². The summed E-state index contributed by atoms with van der Waals surface area (Å²) in [6.07, 6.45) is 0.638. The van der Waals surface area contributed by atoms with Gasteiger partial charge in [-0.3, -0.25) is 4.79 Å². The van der Waals surface area contributed by atoms with Gasteiger partial charge in [0.15, 0.2) is 11.5 Å². The van der Waals surface area contributed by atoms with Crippen LogP contribution in [0.15, 0.2) is 34.7 Å². The van der Waals surface area contributed by atoms with Gasteiger partial charge in [-0.15, -0.1) is 11.3 Å². The number of hydrazone groups is 1. The second-order valence-electron chi connectivity index (χ2n) is 5.57. The molecule has 7 heteroatoms. The lowest BCUT2D eigenvalue weighted by Crippen LogP contribution is -2.24. The van der Waals surface area contributed by atoms with E-state index in [-0.39, 0.29) is 11.9 Å². The van der Waals surface area contributed by atoms with Crippen LogP contribution in [0.1, 0.15) is 29.8 Å². The quantitative estimate of drug-likeness (QED) is 0.819. The molecule has 1 aliphatic heterocycles. The molecule has 1 atom stereocenters. The third kappa shape index (κ3) is 3.19. The summed E-state index contributed by atoms with van der Waals surface area (Å²) < 4.78 is 16.2. The number of thiophene rings is 1. The van der Waals surface area contributed by atoms with Gasteiger partial charge >= 0.3 is 0 Å². The van der Waals surface area contributed by atoms with Gasteiger partial charge in [0, 0.05) is 13.3 Å². The summed E-state index contributed by atoms with van der Waals surface area (Å²) in [6.45, 7) is 1.52. The number of amides is 1. The van der Waals surface area contributed by atoms with Gasteiger partial charge in [0.1, 0.15) is 0 Å². The van der Waals surface area contributed by atoms with E-state index in [1.807, 2.05) is 29.6 Å². The Morgan fingerprint density at radius 3 is 2.36 bits per heavy atom. The molecule has 132 valence electrons. The molecule has 25 heavy (non-hydrogen) atoms. The van der Waals surface area contributed by atoms with Crippen LogP contribution >= 0.6 is 11.3 Å². The molecular formula is C18H20N2O4S. The Kier molecular flexibility index (Phi) is 4.94. The van der Waals surface area contributed by atoms with Crippen LogP contribution < -0.4 is 14.2 Å². The monoisotopic (exact) mass is 360 g/mol. The van der Waals surface area contributed by atoms with Crippen LogP contribution in [0.4, 0.5) is 0 Å². The molecule has 0 radical (unpaired) electrons. The Balaban J connectivity index is 2.02. The molecule has 3 rings (SSSR count). The SMILES string of the molecule is COc1cc([C@@H]2CC(c3cccs3)=NN2C(C)=O)cc(OC)c1OC. The second-order valence-corrected chi connectivity index (χ2v) is 6.51. The van der Waals surface area contributed by atoms with E-state index in [4.69, 9.17) is 14.2 Å². The summed E-state index contributed by atoms with van der Waals surface area (Å²) in [5, 5.41) is 8.07. The summed E-state index contributed by atoms with van der Waals surface area (Å²) in [6, 6.07) is 7.53. The largest absolute Gasteiger partial charge is 0.493 e. The number of hydrogen-bond acceptors (Lipinski definition) is 6. The highest BCUT2D eigenvalue weighted by atomic mass is 32.1. The molecular weight excluding hydrogens is 340 g/mol. The number of rotatable bonds is 5. The van der Waals surface area contributed by atoms with E-state index < -0.39 is 0 Å². The van der Waals surface area contributed by atoms with Gasteiger partial charge in [-0.25, -0.2) is 5.01 Å². The second kappa shape index (κ2) is 7.14. The van der Waals surface area contributed by atoms with Crippen molar-refractivity contribution in [3.8, 4) is 17.2 Å². The molecule has 2 heterocycles. The van der Waals surface area contributed by atoms with E-state index in [0.717, 1.165) is 16.2 Å². The molecule has 1 aromatic carbocycles. The molecule has 2 aromatic rings. The van der Waals surface area contributed by atoms with Crippen molar-refractivity contribution >= 4 is 23.0 Å². The van der Waals surface area contributed by atoms with Crippen molar-refractivity contribution in [1.29, 1.82) is 0 Å². The first kappa shape index (κ1) is 17.3. The zero-order chi connectivity index (χ0) is 18.0. The van der Waals surface area contributed by atoms with E-state index in [0.29, 0.717) is 23.7 Å². The fourth-order valence-electron chi connectivity index (χ4n) is 2.95. The fraction of sp³-hybridized carbons (Fsp3) is 0.333. The lowest BCUT2D eigenvalue weighted by atomic mass is 10.00. The van der Waals surface area contributed by atoms with Gasteiger partial charge in [0.05, 0.1) is 38.0 Å². The predicted molar refractivity (Wildman–Crippen MR) is 96.8 cm³/mol. The normalized spacial score (nSPS) is 16.6. The van der Waals surface area contributed by atoms with Crippen LogP contribution in [0, 0.1) is 0 Å². The molecule has 0 unspecified atom stereocenters. The average molecular weight is 360 g/mol. The summed E-state index contributed by atoms with van der Waals surface area (Å²) in [5.74, 6) is 1.54. The van der Waals surface area contributed by atoms with E-state index >= 15 is 0 Å². The molecule has 0 saturated heterocycles. The van der Waals surface area contributed by atoms with Gasteiger partial charge in [-0.1, -0.05) is 6.07 Å². The van der Waals surface area contributed by atoms with Crippen molar-refractivity contribution in [3.63, 3.8) is 0 Å². The van der Waals surface area contributed by atoms with Crippen molar-refractivity contribution < 1.29 is 19.0 Å². The van der Waals surface area contributed by atoms with Crippen molar-refractivity contribution in [2.24, 2.45) is 5.10 Å². The van der Waals surface area contributed by atoms with Crippen LogP contribution in [0.25, 0.3) is 0 Å². The van der Waals surface area contributed by atoms with Crippen LogP contribution in [0.3, 0.4) is 0 Å². The van der Waals surface area contributed by atoms with Crippen molar-refractivity contribution in [2.75, 3.05) is 21.3 Å². The predicted octanol–water partition coefficient (Wildman–Crippen LogP) is 3.47. The van der Waals surface area contributed by atoms with Gasteiger partial charge in [0.2, 0.25) is 11.7 Å². The van der Waals surface area contributed by atoms with E-state index in [1.54, 1.807) is 32.7 Å². The number of nitrogens with zero attached hydrogens (tertiary/aromatic N) is 2. The Morgan fingerprint density at radius 2 is 1.88 bits per heavy atom. The minimum absolute atomic E-state index is 0.106. The molecule has 1 aliphatic rings. The molecule has 0 bridgehead atoms. The van der Waals surface area contributed by atoms with E-state index in [2.05, 4.69) is 5.10 Å². The highest BCUT2D eigenvalue weighted by molar-refractivity contribution is 7.12. The fourth-order valence-corrected chi connectivity index (χ4v) is 3.67. The topological polar surface area (TPSA) is 60.4 Å². The number of hydrogen-bond donors (Lipinski definition) is 0. The summed E-state index contributed by atoms with van der Waals surface area (Å²) in [5.41, 5.74) is 1.80. The minimum Gasteiger partial charge on any atom is -0.493 e. The third-order valence-electron chi connectivity index (χ3n) is 4.11. The van der Waals surface area contributed by atoms with Crippen molar-refractivity contribution in [3.05, 3.63) is 40.1 Å². The maximum absolute atomic E-state index is 12.1. The lowest BCUT2D eigenvalue weighted by molar-refractivity contribution is -0.130. The molecule has 0 aliphatic carbocycles. The summed E-state index contributed by atoms with van der Waals surface area (Å²) in [4.78, 5) is 13.2. The van der Waals surface area contributed by atoms with E-state index in [9.17, 15) is 4.79 Å². The maximum atomic E-state index is 12.1. The molecule has 1 aromatic heterocycles. The first-order chi connectivity index (χ1) is 12.1. The molecule has 0 spiro atoms. The van der Waals surface area contributed by atoms with Crippen molar-refractivity contribution in [2.45, 2.75) is 19.4 Å². The Bertz CT molecular complexity index is 776. The van der Waals surface area contributed by atoms with Crippen LogP contribution in [0.5, 0.6) is 17.2 Å². The minimum atomic E-state index is -0.205. The Hall–Kier alpha value is -2.54. The maximum Gasteiger partial charge on any atom is 0.240 e. The number of carbonyl (C=O) groups is 1. The number of methoxy groups -OCH3 is 3. The van der Waals surface area contributed by atoms with Crippen LogP contribution in [0.2, 0.25) is 0 Å². The molecule has 0 fully saturated rings. The standard InChI is InChI=1S/C18H20N2O4S/c1-11(21)20-14(10-13(19-20)17-6-5-7-25-17)12-8-15(22-2)18(24-4)16(9-12)23-3/h5-9,14H,10H2,1-4H3/t14-/m0/s1. The first-order valence-corrected chi connectivity index (χ1v) is 8.68. The number of ether oxygens (including phenoxy) is 3. The van der Waals surface area contributed by atoms with Crippen LogP contribution in [-0.2, 0) is 4.79 Å². The van der Waals surface area contributed by atoms with Gasteiger partial charge < -0.3 is 14.2 Å². The lowest BCUT2D eigenvalue weighted by Gasteiger charge is -2.22. The van der Waals surface area contributed by atoms with Crippen LogP contribution in [-0.4, -0.2) is 38.0 Å². The zero-order valence-electron chi connectivity index (χ0n) is 14.6. The highest BCUT2D eigenvalue weighted by Crippen LogP contribution is 2.43. The summed E-state index contributed by atoms with van der Waals surface area (Å²) >= 11 is 1.61. The first-order valence-electron chi connectivity index (χ1n) is 7.80. The third-order valence-corrected chi connectivity index (χ3v) is 5.03. The van der Waals surface area contributed by atoms with Crippen molar-refractivity contribution in [1.82, 2.24) is 5.01 Å². The van der Waals surface area contributed by atoms with Gasteiger partial charge in [-0.2, -0.15) is 5.10 Å². The highest BCUT2D eigenvalue weighted by Gasteiger charge is 2.33. The molecule has 0 N–H and O–H groups in total. The van der Waals surface area contributed by atoms with Gasteiger partial charge in [-0.05, 0) is 29.1 Å². The molecule has 1 amide bonds. The summed E-state index contributed by atoms with van der Waals surface area (Å²) in [7, 11) is 4.72. The molecule has 0 saturated carbocycles.